The largest absolute Gasteiger partial charge is 0.370 e. The van der Waals surface area contributed by atoms with Crippen LogP contribution in [0.2, 0.25) is 0 Å². The van der Waals surface area contributed by atoms with Crippen molar-refractivity contribution in [3.05, 3.63) is 65.1 Å². The van der Waals surface area contributed by atoms with Crippen molar-refractivity contribution in [3.8, 4) is 0 Å². The fourth-order valence-corrected chi connectivity index (χ4v) is 5.05. The summed E-state index contributed by atoms with van der Waals surface area (Å²) in [7, 11) is 0. The standard InChI is InChI=1S/C26H31N5O2S/c1-16(2)19-6-8-20(9-7-19)23(32)12-18-5-4-10-31(15-18)21-13-22(25(26(27)33)28-14-21)29-24-11-17(3)30-34-24/h6-9,11,13-14,16,18,29H,4-5,10,12,15H2,1-3H3,(H2,27,33)/t18-/m0/s1. The molecule has 1 saturated heterocycles. The molecule has 1 amide bonds. The number of carbonyl (C=O) groups is 2. The van der Waals surface area contributed by atoms with E-state index in [-0.39, 0.29) is 17.4 Å². The van der Waals surface area contributed by atoms with E-state index >= 15 is 0 Å². The number of primary amides is 1. The van der Waals surface area contributed by atoms with Crippen molar-refractivity contribution >= 4 is 39.6 Å². The lowest BCUT2D eigenvalue weighted by Crippen LogP contribution is -2.36. The number of aryl methyl sites for hydroxylation is 1. The molecule has 0 saturated carbocycles. The number of nitrogens with one attached hydrogen (secondary N) is 1. The van der Waals surface area contributed by atoms with Gasteiger partial charge in [-0.2, -0.15) is 4.37 Å². The minimum atomic E-state index is -0.583. The van der Waals surface area contributed by atoms with Gasteiger partial charge in [-0.15, -0.1) is 0 Å². The lowest BCUT2D eigenvalue weighted by molar-refractivity contribution is 0.0955. The van der Waals surface area contributed by atoms with E-state index in [1.165, 1.54) is 17.1 Å². The number of piperidine rings is 1. The van der Waals surface area contributed by atoms with Crippen molar-refractivity contribution < 1.29 is 9.59 Å². The van der Waals surface area contributed by atoms with Gasteiger partial charge in [0.15, 0.2) is 11.5 Å². The maximum atomic E-state index is 12.9. The van der Waals surface area contributed by atoms with E-state index in [0.717, 1.165) is 47.9 Å². The second kappa shape index (κ2) is 10.3. The normalized spacial score (nSPS) is 16.0. The summed E-state index contributed by atoms with van der Waals surface area (Å²) in [5.41, 5.74) is 10.2. The Bertz CT molecular complexity index is 1170. The molecule has 1 aliphatic rings. The number of rotatable bonds is 8. The number of amides is 1. The van der Waals surface area contributed by atoms with Gasteiger partial charge in [-0.05, 0) is 60.8 Å². The van der Waals surface area contributed by atoms with Gasteiger partial charge in [-0.3, -0.25) is 9.59 Å². The molecule has 0 spiro atoms. The predicted octanol–water partition coefficient (Wildman–Crippen LogP) is 5.30. The Labute approximate surface area is 204 Å². The number of nitrogens with zero attached hydrogens (tertiary/aromatic N) is 3. The van der Waals surface area contributed by atoms with Gasteiger partial charge in [-0.1, -0.05) is 38.1 Å². The third-order valence-electron chi connectivity index (χ3n) is 6.25. The third kappa shape index (κ3) is 5.62. The molecule has 3 N–H and O–H groups in total. The molecule has 3 heterocycles. The van der Waals surface area contributed by atoms with E-state index in [0.29, 0.717) is 18.0 Å². The number of aromatic nitrogens is 2. The molecule has 0 aliphatic carbocycles. The van der Waals surface area contributed by atoms with Crippen molar-refractivity contribution in [2.75, 3.05) is 23.3 Å². The highest BCUT2D eigenvalue weighted by Gasteiger charge is 2.24. The summed E-state index contributed by atoms with van der Waals surface area (Å²) >= 11 is 1.32. The van der Waals surface area contributed by atoms with E-state index in [9.17, 15) is 9.59 Å². The first kappa shape index (κ1) is 23.9. The zero-order chi connectivity index (χ0) is 24.2. The van der Waals surface area contributed by atoms with Crippen LogP contribution in [0.25, 0.3) is 0 Å². The zero-order valence-corrected chi connectivity index (χ0v) is 20.7. The monoisotopic (exact) mass is 477 g/mol. The quantitative estimate of drug-likeness (QED) is 0.427. The van der Waals surface area contributed by atoms with Crippen LogP contribution >= 0.6 is 11.5 Å². The van der Waals surface area contributed by atoms with Gasteiger partial charge >= 0.3 is 0 Å². The first-order chi connectivity index (χ1) is 16.3. The summed E-state index contributed by atoms with van der Waals surface area (Å²) < 4.78 is 4.28. The number of hydrogen-bond acceptors (Lipinski definition) is 7. The van der Waals surface area contributed by atoms with E-state index in [1.54, 1.807) is 6.20 Å². The molecule has 0 unspecified atom stereocenters. The van der Waals surface area contributed by atoms with Crippen LogP contribution in [0.1, 0.15) is 71.1 Å². The van der Waals surface area contributed by atoms with Crippen LogP contribution < -0.4 is 16.0 Å². The summed E-state index contributed by atoms with van der Waals surface area (Å²) in [5, 5.41) is 4.07. The SMILES string of the molecule is Cc1cc(Nc2cc(N3CCC[C@@H](CC(=O)c4ccc(C(C)C)cc4)C3)cnc2C(N)=O)sn1. The minimum Gasteiger partial charge on any atom is -0.370 e. The van der Waals surface area contributed by atoms with Crippen LogP contribution in [-0.2, 0) is 0 Å². The predicted molar refractivity (Wildman–Crippen MR) is 137 cm³/mol. The Morgan fingerprint density at radius 1 is 1.24 bits per heavy atom. The molecule has 3 aromatic rings. The maximum Gasteiger partial charge on any atom is 0.269 e. The van der Waals surface area contributed by atoms with Gasteiger partial charge in [0.2, 0.25) is 0 Å². The molecular formula is C26H31N5O2S. The number of benzene rings is 1. The molecule has 1 aromatic carbocycles. The minimum absolute atomic E-state index is 0.187. The molecule has 8 heteroatoms. The topological polar surface area (TPSA) is 101 Å². The summed E-state index contributed by atoms with van der Waals surface area (Å²) in [5.74, 6) is 0.320. The number of ketones is 1. The molecule has 2 aromatic heterocycles. The molecule has 7 nitrogen and oxygen atoms in total. The molecule has 0 bridgehead atoms. The summed E-state index contributed by atoms with van der Waals surface area (Å²) in [6.07, 6.45) is 4.23. The Balaban J connectivity index is 1.47. The molecule has 1 fully saturated rings. The van der Waals surface area contributed by atoms with Crippen LogP contribution in [-0.4, -0.2) is 34.1 Å². The fraction of sp³-hybridized carbons (Fsp3) is 0.385. The number of carbonyl (C=O) groups excluding carboxylic acids is 2. The number of Topliss-reactive ketones (excluding diaryl/α,β-unsaturated/α-hetero) is 1. The molecule has 34 heavy (non-hydrogen) atoms. The van der Waals surface area contributed by atoms with E-state index in [1.807, 2.05) is 31.2 Å². The van der Waals surface area contributed by atoms with Crippen molar-refractivity contribution in [1.82, 2.24) is 9.36 Å². The highest BCUT2D eigenvalue weighted by molar-refractivity contribution is 7.10. The first-order valence-corrected chi connectivity index (χ1v) is 12.5. The molecule has 0 radical (unpaired) electrons. The van der Waals surface area contributed by atoms with Gasteiger partial charge in [0.05, 0.1) is 23.3 Å². The first-order valence-electron chi connectivity index (χ1n) is 11.7. The van der Waals surface area contributed by atoms with Crippen molar-refractivity contribution in [3.63, 3.8) is 0 Å². The van der Waals surface area contributed by atoms with E-state index in [2.05, 4.69) is 45.6 Å². The van der Waals surface area contributed by atoms with Crippen molar-refractivity contribution in [2.24, 2.45) is 11.7 Å². The summed E-state index contributed by atoms with van der Waals surface area (Å²) in [6, 6.07) is 11.8. The van der Waals surface area contributed by atoms with Crippen LogP contribution in [0.5, 0.6) is 0 Å². The highest BCUT2D eigenvalue weighted by Crippen LogP contribution is 2.31. The zero-order valence-electron chi connectivity index (χ0n) is 19.9. The fourth-order valence-electron chi connectivity index (χ4n) is 4.37. The van der Waals surface area contributed by atoms with Crippen molar-refractivity contribution in [2.45, 2.75) is 46.0 Å². The molecule has 4 rings (SSSR count). The number of hydrogen-bond donors (Lipinski definition) is 2. The molecular weight excluding hydrogens is 446 g/mol. The second-order valence-electron chi connectivity index (χ2n) is 9.27. The number of nitrogens with two attached hydrogens (primary N) is 1. The van der Waals surface area contributed by atoms with Gasteiger partial charge in [-0.25, -0.2) is 4.98 Å². The summed E-state index contributed by atoms with van der Waals surface area (Å²) in [6.45, 7) is 7.87. The second-order valence-corrected chi connectivity index (χ2v) is 10.1. The van der Waals surface area contributed by atoms with Gasteiger partial charge in [0, 0.05) is 25.1 Å². The maximum absolute atomic E-state index is 12.9. The Hall–Kier alpha value is -3.26. The van der Waals surface area contributed by atoms with Crippen LogP contribution in [0.4, 0.5) is 16.4 Å². The average molecular weight is 478 g/mol. The lowest BCUT2D eigenvalue weighted by atomic mass is 9.90. The Kier molecular flexibility index (Phi) is 7.26. The number of anilines is 3. The lowest BCUT2D eigenvalue weighted by Gasteiger charge is -2.34. The van der Waals surface area contributed by atoms with E-state index < -0.39 is 5.91 Å². The Morgan fingerprint density at radius 2 is 2.00 bits per heavy atom. The highest BCUT2D eigenvalue weighted by atomic mass is 32.1. The number of pyridine rings is 1. The van der Waals surface area contributed by atoms with Crippen LogP contribution in [0.3, 0.4) is 0 Å². The van der Waals surface area contributed by atoms with Crippen molar-refractivity contribution in [1.29, 1.82) is 0 Å². The van der Waals surface area contributed by atoms with Crippen LogP contribution in [0.15, 0.2) is 42.6 Å². The van der Waals surface area contributed by atoms with Gasteiger partial charge in [0.25, 0.3) is 5.91 Å². The smallest absolute Gasteiger partial charge is 0.269 e. The molecule has 178 valence electrons. The molecule has 1 aliphatic heterocycles. The van der Waals surface area contributed by atoms with Crippen LogP contribution in [0, 0.1) is 12.8 Å². The van der Waals surface area contributed by atoms with E-state index in [4.69, 9.17) is 5.73 Å². The summed E-state index contributed by atoms with van der Waals surface area (Å²) in [4.78, 5) is 31.4. The Morgan fingerprint density at radius 3 is 2.65 bits per heavy atom. The average Bonchev–Trinajstić information content (AvgIpc) is 3.23. The van der Waals surface area contributed by atoms with Gasteiger partial charge in [0.1, 0.15) is 5.00 Å². The third-order valence-corrected chi connectivity index (χ3v) is 7.05. The molecule has 1 atom stereocenters. The van der Waals surface area contributed by atoms with Gasteiger partial charge < -0.3 is 16.0 Å².